The van der Waals surface area contributed by atoms with Crippen LogP contribution in [-0.4, -0.2) is 26.1 Å². The number of hydrogen-bond acceptors (Lipinski definition) is 3. The average Bonchev–Trinajstić information content (AvgIpc) is 2.81. The summed E-state index contributed by atoms with van der Waals surface area (Å²) >= 11 is 0. The fraction of sp³-hybridized carbons (Fsp3) is 0.458. The van der Waals surface area contributed by atoms with Gasteiger partial charge in [-0.05, 0) is 49.1 Å². The minimum absolute atomic E-state index is 0.00373. The second-order valence-corrected chi connectivity index (χ2v) is 8.47. The van der Waals surface area contributed by atoms with E-state index in [4.69, 9.17) is 4.74 Å². The molecule has 34 heavy (non-hydrogen) atoms. The number of halogens is 6. The Labute approximate surface area is 193 Å². The summed E-state index contributed by atoms with van der Waals surface area (Å²) in [5.41, 5.74) is -2.86. The van der Waals surface area contributed by atoms with Crippen LogP contribution in [0.3, 0.4) is 0 Å². The van der Waals surface area contributed by atoms with Gasteiger partial charge in [0, 0.05) is 13.6 Å². The largest absolute Gasteiger partial charge is 0.416 e. The number of nitrogens with one attached hydrogen (secondary N) is 2. The summed E-state index contributed by atoms with van der Waals surface area (Å²) in [4.78, 5) is 12.0. The smallest absolute Gasteiger partial charge is 0.372 e. The standard InChI is InChI=1S/C24H26F6N2O2/c1-15(17-10-19(23(25,26)27)12-20(11-17)24(28,29)30)34-14-22(18-6-4-3-5-7-18)9-8-16(13-32-22)21(33)31-2/h3-7,10-12,15-16,32H,8-9,13-14H2,1-2H3,(H,31,33)/t15-,16?,22?/m1/s1. The van der Waals surface area contributed by atoms with Crippen molar-refractivity contribution in [2.75, 3.05) is 20.2 Å². The maximum Gasteiger partial charge on any atom is 0.416 e. The fourth-order valence-electron chi connectivity index (χ4n) is 4.14. The molecule has 0 aliphatic carbocycles. The maximum absolute atomic E-state index is 13.2. The van der Waals surface area contributed by atoms with Crippen LogP contribution < -0.4 is 10.6 Å². The predicted molar refractivity (Wildman–Crippen MR) is 114 cm³/mol. The lowest BCUT2D eigenvalue weighted by atomic mass is 9.79. The van der Waals surface area contributed by atoms with E-state index in [0.717, 1.165) is 5.56 Å². The fourth-order valence-corrected chi connectivity index (χ4v) is 4.14. The molecule has 2 aromatic rings. The van der Waals surface area contributed by atoms with Crippen LogP contribution in [0.1, 0.15) is 48.1 Å². The minimum Gasteiger partial charge on any atom is -0.372 e. The lowest BCUT2D eigenvalue weighted by molar-refractivity contribution is -0.143. The molecular weight excluding hydrogens is 462 g/mol. The highest BCUT2D eigenvalue weighted by atomic mass is 19.4. The maximum atomic E-state index is 13.2. The van der Waals surface area contributed by atoms with E-state index in [1.54, 1.807) is 7.05 Å². The molecule has 1 saturated heterocycles. The monoisotopic (exact) mass is 488 g/mol. The van der Waals surface area contributed by atoms with Crippen LogP contribution >= 0.6 is 0 Å². The number of rotatable bonds is 6. The molecule has 0 radical (unpaired) electrons. The summed E-state index contributed by atoms with van der Waals surface area (Å²) in [6, 6.07) is 10.7. The van der Waals surface area contributed by atoms with Gasteiger partial charge in [0.1, 0.15) is 0 Å². The first kappa shape index (κ1) is 26.0. The molecule has 0 aromatic heterocycles. The SMILES string of the molecule is CNC(=O)C1CCC(CO[C@H](C)c2cc(C(F)(F)F)cc(C(F)(F)F)c2)(c2ccccc2)NC1. The van der Waals surface area contributed by atoms with Crippen LogP contribution in [0, 0.1) is 5.92 Å². The third-order valence-electron chi connectivity index (χ3n) is 6.21. The number of carbonyl (C=O) groups excluding carboxylic acids is 1. The van der Waals surface area contributed by atoms with Crippen LogP contribution in [0.2, 0.25) is 0 Å². The zero-order chi connectivity index (χ0) is 25.1. The first-order valence-electron chi connectivity index (χ1n) is 10.8. The van der Waals surface area contributed by atoms with Gasteiger partial charge in [0.15, 0.2) is 0 Å². The van der Waals surface area contributed by atoms with Crippen LogP contribution in [0.15, 0.2) is 48.5 Å². The molecule has 3 rings (SSSR count). The highest BCUT2D eigenvalue weighted by Crippen LogP contribution is 2.39. The first-order valence-corrected chi connectivity index (χ1v) is 10.8. The molecular formula is C24H26F6N2O2. The van der Waals surface area contributed by atoms with E-state index < -0.39 is 35.1 Å². The van der Waals surface area contributed by atoms with Crippen LogP contribution in [0.5, 0.6) is 0 Å². The van der Waals surface area contributed by atoms with E-state index >= 15 is 0 Å². The summed E-state index contributed by atoms with van der Waals surface area (Å²) < 4.78 is 85.3. The third-order valence-corrected chi connectivity index (χ3v) is 6.21. The van der Waals surface area contributed by atoms with Gasteiger partial charge in [-0.3, -0.25) is 4.79 Å². The van der Waals surface area contributed by atoms with Crippen molar-refractivity contribution in [1.82, 2.24) is 10.6 Å². The molecule has 10 heteroatoms. The van der Waals surface area contributed by atoms with Crippen molar-refractivity contribution in [3.8, 4) is 0 Å². The van der Waals surface area contributed by atoms with Gasteiger partial charge in [-0.2, -0.15) is 26.3 Å². The van der Waals surface area contributed by atoms with E-state index in [1.165, 1.54) is 6.92 Å². The second kappa shape index (κ2) is 9.95. The molecule has 3 atom stereocenters. The molecule has 2 aromatic carbocycles. The molecule has 186 valence electrons. The van der Waals surface area contributed by atoms with Crippen molar-refractivity contribution in [2.24, 2.45) is 5.92 Å². The normalized spacial score (nSPS) is 22.3. The zero-order valence-corrected chi connectivity index (χ0v) is 18.7. The number of hydrogen-bond donors (Lipinski definition) is 2. The van der Waals surface area contributed by atoms with Crippen molar-refractivity contribution >= 4 is 5.91 Å². The number of benzene rings is 2. The van der Waals surface area contributed by atoms with Crippen molar-refractivity contribution in [2.45, 2.75) is 43.8 Å². The number of amides is 1. The van der Waals surface area contributed by atoms with Gasteiger partial charge in [0.2, 0.25) is 5.91 Å². The average molecular weight is 488 g/mol. The third kappa shape index (κ3) is 5.90. The van der Waals surface area contributed by atoms with E-state index in [1.807, 2.05) is 30.3 Å². The molecule has 2 unspecified atom stereocenters. The van der Waals surface area contributed by atoms with Gasteiger partial charge >= 0.3 is 12.4 Å². The summed E-state index contributed by atoms with van der Waals surface area (Å²) in [6.45, 7) is 1.77. The summed E-state index contributed by atoms with van der Waals surface area (Å²) in [5, 5.41) is 5.96. The molecule has 1 aliphatic rings. The molecule has 1 aliphatic heterocycles. The van der Waals surface area contributed by atoms with Crippen molar-refractivity contribution in [3.05, 3.63) is 70.8 Å². The highest BCUT2D eigenvalue weighted by molar-refractivity contribution is 5.78. The lowest BCUT2D eigenvalue weighted by Gasteiger charge is -2.41. The molecule has 0 bridgehead atoms. The number of ether oxygens (including phenoxy) is 1. The quantitative estimate of drug-likeness (QED) is 0.533. The van der Waals surface area contributed by atoms with E-state index in [2.05, 4.69) is 10.6 Å². The summed E-state index contributed by atoms with van der Waals surface area (Å²) in [6.07, 6.45) is -9.86. The molecule has 0 saturated carbocycles. The predicted octanol–water partition coefficient (Wildman–Crippen LogP) is 5.44. The van der Waals surface area contributed by atoms with Crippen LogP contribution in [0.4, 0.5) is 26.3 Å². The van der Waals surface area contributed by atoms with Crippen LogP contribution in [0.25, 0.3) is 0 Å². The van der Waals surface area contributed by atoms with Crippen LogP contribution in [-0.2, 0) is 27.4 Å². The highest BCUT2D eigenvalue weighted by Gasteiger charge is 2.40. The van der Waals surface area contributed by atoms with E-state index in [0.29, 0.717) is 31.5 Å². The lowest BCUT2D eigenvalue weighted by Crippen LogP contribution is -2.54. The Morgan fingerprint density at radius 1 is 1.09 bits per heavy atom. The second-order valence-electron chi connectivity index (χ2n) is 8.47. The Morgan fingerprint density at radius 3 is 2.15 bits per heavy atom. The van der Waals surface area contributed by atoms with Gasteiger partial charge in [0.05, 0.1) is 35.3 Å². The summed E-state index contributed by atoms with van der Waals surface area (Å²) in [5.74, 6) is -0.357. The number of alkyl halides is 6. The Hall–Kier alpha value is -2.59. The molecule has 4 nitrogen and oxygen atoms in total. The Balaban J connectivity index is 1.86. The van der Waals surface area contributed by atoms with Crippen molar-refractivity contribution in [1.29, 1.82) is 0 Å². The van der Waals surface area contributed by atoms with Crippen molar-refractivity contribution < 1.29 is 35.9 Å². The molecule has 1 fully saturated rings. The Morgan fingerprint density at radius 2 is 1.68 bits per heavy atom. The molecule has 1 heterocycles. The van der Waals surface area contributed by atoms with E-state index in [-0.39, 0.29) is 30.1 Å². The van der Waals surface area contributed by atoms with E-state index in [9.17, 15) is 31.1 Å². The molecule has 0 spiro atoms. The molecule has 1 amide bonds. The first-order chi connectivity index (χ1) is 15.9. The van der Waals surface area contributed by atoms with Crippen molar-refractivity contribution in [3.63, 3.8) is 0 Å². The van der Waals surface area contributed by atoms with Gasteiger partial charge in [0.25, 0.3) is 0 Å². The van der Waals surface area contributed by atoms with Gasteiger partial charge in [-0.15, -0.1) is 0 Å². The number of piperidine rings is 1. The Kier molecular flexibility index (Phi) is 7.62. The zero-order valence-electron chi connectivity index (χ0n) is 18.7. The molecule has 2 N–H and O–H groups in total. The number of carbonyl (C=O) groups is 1. The summed E-state index contributed by atoms with van der Waals surface area (Å²) in [7, 11) is 1.55. The minimum atomic E-state index is -4.93. The van der Waals surface area contributed by atoms with Gasteiger partial charge < -0.3 is 15.4 Å². The Bertz CT molecular complexity index is 951. The van der Waals surface area contributed by atoms with Gasteiger partial charge in [-0.1, -0.05) is 30.3 Å². The van der Waals surface area contributed by atoms with Gasteiger partial charge in [-0.25, -0.2) is 0 Å². The topological polar surface area (TPSA) is 50.4 Å².